The predicted octanol–water partition coefficient (Wildman–Crippen LogP) is 4.44. The van der Waals surface area contributed by atoms with Gasteiger partial charge >= 0.3 is 0 Å². The van der Waals surface area contributed by atoms with E-state index in [-0.39, 0.29) is 18.4 Å². The zero-order valence-electron chi connectivity index (χ0n) is 18.8. The maximum absolute atomic E-state index is 13.0. The van der Waals surface area contributed by atoms with Crippen molar-refractivity contribution in [3.05, 3.63) is 65.2 Å². The average molecular weight is 411 g/mol. The van der Waals surface area contributed by atoms with Gasteiger partial charge in [0.25, 0.3) is 5.91 Å². The molecule has 0 saturated carbocycles. The molecule has 162 valence electrons. The van der Waals surface area contributed by atoms with Crippen LogP contribution in [0.5, 0.6) is 5.75 Å². The molecule has 2 amide bonds. The third-order valence-corrected chi connectivity index (χ3v) is 5.23. The first-order chi connectivity index (χ1) is 14.3. The molecular weight excluding hydrogens is 376 g/mol. The lowest BCUT2D eigenvalue weighted by Gasteiger charge is -2.29. The standard InChI is InChI=1S/C25H34N2O3/c1-6-15-26-25(29)20(5)27(16-22-10-8-7-9-19(22)4)24(28)17-30-23-13-11-21(12-14-23)18(2)3/h7-14,18,20H,6,15-17H2,1-5H3,(H,26,29)/t20-/m0/s1. The monoisotopic (exact) mass is 410 g/mol. The van der Waals surface area contributed by atoms with Gasteiger partial charge in [0.1, 0.15) is 11.8 Å². The molecule has 5 heteroatoms. The quantitative estimate of drug-likeness (QED) is 0.630. The third kappa shape index (κ3) is 6.61. The summed E-state index contributed by atoms with van der Waals surface area (Å²) in [4.78, 5) is 27.2. The number of hydrogen-bond acceptors (Lipinski definition) is 3. The van der Waals surface area contributed by atoms with Crippen LogP contribution >= 0.6 is 0 Å². The van der Waals surface area contributed by atoms with E-state index < -0.39 is 6.04 Å². The first-order valence-corrected chi connectivity index (χ1v) is 10.7. The summed E-state index contributed by atoms with van der Waals surface area (Å²) in [6.45, 7) is 10.9. The Morgan fingerprint density at radius 3 is 2.30 bits per heavy atom. The van der Waals surface area contributed by atoms with Gasteiger partial charge < -0.3 is 15.0 Å². The molecule has 0 aliphatic rings. The van der Waals surface area contributed by atoms with Crippen molar-refractivity contribution in [2.45, 2.75) is 59.5 Å². The number of benzene rings is 2. The van der Waals surface area contributed by atoms with Crippen LogP contribution < -0.4 is 10.1 Å². The Hall–Kier alpha value is -2.82. The molecule has 5 nitrogen and oxygen atoms in total. The first-order valence-electron chi connectivity index (χ1n) is 10.7. The summed E-state index contributed by atoms with van der Waals surface area (Å²) < 4.78 is 5.74. The maximum atomic E-state index is 13.0. The Morgan fingerprint density at radius 1 is 1.03 bits per heavy atom. The highest BCUT2D eigenvalue weighted by Crippen LogP contribution is 2.19. The Morgan fingerprint density at radius 2 is 1.70 bits per heavy atom. The van der Waals surface area contributed by atoms with Gasteiger partial charge in [0.05, 0.1) is 0 Å². The van der Waals surface area contributed by atoms with Crippen LogP contribution in [0.25, 0.3) is 0 Å². The van der Waals surface area contributed by atoms with Gasteiger partial charge in [-0.25, -0.2) is 0 Å². The Labute approximate surface area is 180 Å². The number of nitrogens with one attached hydrogen (secondary N) is 1. The smallest absolute Gasteiger partial charge is 0.261 e. The average Bonchev–Trinajstić information content (AvgIpc) is 2.75. The number of nitrogens with zero attached hydrogens (tertiary/aromatic N) is 1. The van der Waals surface area contributed by atoms with Crippen LogP contribution in [0.4, 0.5) is 0 Å². The van der Waals surface area contributed by atoms with E-state index in [1.807, 2.05) is 62.4 Å². The van der Waals surface area contributed by atoms with Crippen molar-refractivity contribution < 1.29 is 14.3 Å². The van der Waals surface area contributed by atoms with Gasteiger partial charge in [-0.3, -0.25) is 9.59 Å². The van der Waals surface area contributed by atoms with E-state index in [0.717, 1.165) is 17.5 Å². The van der Waals surface area contributed by atoms with Crippen LogP contribution in [0.2, 0.25) is 0 Å². The summed E-state index contributed by atoms with van der Waals surface area (Å²) in [7, 11) is 0. The van der Waals surface area contributed by atoms with Gasteiger partial charge in [-0.15, -0.1) is 0 Å². The Kier molecular flexibility index (Phi) is 8.90. The minimum Gasteiger partial charge on any atom is -0.484 e. The molecular formula is C25H34N2O3. The normalized spacial score (nSPS) is 11.8. The van der Waals surface area contributed by atoms with Gasteiger partial charge in [-0.1, -0.05) is 57.2 Å². The van der Waals surface area contributed by atoms with Crippen LogP contribution in [0.3, 0.4) is 0 Å². The van der Waals surface area contributed by atoms with Crippen molar-refractivity contribution in [2.24, 2.45) is 0 Å². The minimum absolute atomic E-state index is 0.113. The van der Waals surface area contributed by atoms with Gasteiger partial charge in [0.2, 0.25) is 5.91 Å². The number of aryl methyl sites for hydroxylation is 1. The van der Waals surface area contributed by atoms with Crippen molar-refractivity contribution in [3.63, 3.8) is 0 Å². The summed E-state index contributed by atoms with van der Waals surface area (Å²) in [5.41, 5.74) is 3.32. The molecule has 0 spiro atoms. The Balaban J connectivity index is 2.12. The topological polar surface area (TPSA) is 58.6 Å². The zero-order chi connectivity index (χ0) is 22.1. The second-order valence-electron chi connectivity index (χ2n) is 7.93. The van der Waals surface area contributed by atoms with Gasteiger partial charge in [-0.2, -0.15) is 0 Å². The fourth-order valence-electron chi connectivity index (χ4n) is 3.13. The Bertz CT molecular complexity index is 831. The van der Waals surface area contributed by atoms with E-state index in [0.29, 0.717) is 24.8 Å². The second-order valence-corrected chi connectivity index (χ2v) is 7.93. The van der Waals surface area contributed by atoms with E-state index in [1.165, 1.54) is 5.56 Å². The lowest BCUT2D eigenvalue weighted by Crippen LogP contribution is -2.49. The fraction of sp³-hybridized carbons (Fsp3) is 0.440. The summed E-state index contributed by atoms with van der Waals surface area (Å²) in [5, 5.41) is 2.88. The van der Waals surface area contributed by atoms with E-state index in [9.17, 15) is 9.59 Å². The van der Waals surface area contributed by atoms with Crippen LogP contribution in [0.15, 0.2) is 48.5 Å². The number of ether oxygens (including phenoxy) is 1. The van der Waals surface area contributed by atoms with E-state index in [1.54, 1.807) is 11.8 Å². The van der Waals surface area contributed by atoms with Gasteiger partial charge in [-0.05, 0) is 55.0 Å². The molecule has 30 heavy (non-hydrogen) atoms. The highest BCUT2D eigenvalue weighted by Gasteiger charge is 2.26. The number of carbonyl (C=O) groups is 2. The van der Waals surface area contributed by atoms with Crippen LogP contribution in [0.1, 0.15) is 56.7 Å². The number of amides is 2. The molecule has 0 aliphatic carbocycles. The number of carbonyl (C=O) groups excluding carboxylic acids is 2. The van der Waals surface area contributed by atoms with Crippen molar-refractivity contribution in [1.82, 2.24) is 10.2 Å². The molecule has 0 heterocycles. The molecule has 2 rings (SSSR count). The van der Waals surface area contributed by atoms with Gasteiger partial charge in [0, 0.05) is 13.1 Å². The van der Waals surface area contributed by atoms with Crippen LogP contribution in [-0.4, -0.2) is 35.9 Å². The molecule has 1 atom stereocenters. The lowest BCUT2D eigenvalue weighted by atomic mass is 10.0. The molecule has 0 radical (unpaired) electrons. The van der Waals surface area contributed by atoms with Crippen molar-refractivity contribution in [3.8, 4) is 5.75 Å². The SMILES string of the molecule is CCCNC(=O)[C@H](C)N(Cc1ccccc1C)C(=O)COc1ccc(C(C)C)cc1. The minimum atomic E-state index is -0.587. The molecule has 1 N–H and O–H groups in total. The molecule has 0 saturated heterocycles. The summed E-state index contributed by atoms with van der Waals surface area (Å²) in [6.07, 6.45) is 0.847. The highest BCUT2D eigenvalue weighted by molar-refractivity contribution is 5.88. The molecule has 2 aromatic carbocycles. The van der Waals surface area contributed by atoms with E-state index in [2.05, 4.69) is 19.2 Å². The zero-order valence-corrected chi connectivity index (χ0v) is 18.8. The summed E-state index contributed by atoms with van der Waals surface area (Å²) in [6, 6.07) is 15.1. The predicted molar refractivity (Wildman–Crippen MR) is 121 cm³/mol. The molecule has 0 unspecified atom stereocenters. The highest BCUT2D eigenvalue weighted by atomic mass is 16.5. The summed E-state index contributed by atoms with van der Waals surface area (Å²) in [5.74, 6) is 0.713. The molecule has 0 aliphatic heterocycles. The third-order valence-electron chi connectivity index (χ3n) is 5.23. The maximum Gasteiger partial charge on any atom is 0.261 e. The molecule has 0 aromatic heterocycles. The lowest BCUT2D eigenvalue weighted by molar-refractivity contribution is -0.142. The number of hydrogen-bond donors (Lipinski definition) is 1. The van der Waals surface area contributed by atoms with Crippen LogP contribution in [-0.2, 0) is 16.1 Å². The van der Waals surface area contributed by atoms with Crippen molar-refractivity contribution in [2.75, 3.05) is 13.2 Å². The number of rotatable bonds is 10. The largest absolute Gasteiger partial charge is 0.484 e. The second kappa shape index (κ2) is 11.4. The van der Waals surface area contributed by atoms with Gasteiger partial charge in [0.15, 0.2) is 6.61 Å². The summed E-state index contributed by atoms with van der Waals surface area (Å²) >= 11 is 0. The van der Waals surface area contributed by atoms with Crippen molar-refractivity contribution >= 4 is 11.8 Å². The van der Waals surface area contributed by atoms with E-state index >= 15 is 0 Å². The van der Waals surface area contributed by atoms with Crippen molar-refractivity contribution in [1.29, 1.82) is 0 Å². The molecule has 0 bridgehead atoms. The molecule has 2 aromatic rings. The first kappa shape index (κ1) is 23.5. The molecule has 0 fully saturated rings. The van der Waals surface area contributed by atoms with E-state index in [4.69, 9.17) is 4.74 Å². The fourth-order valence-corrected chi connectivity index (χ4v) is 3.13. The van der Waals surface area contributed by atoms with Crippen LogP contribution in [0, 0.1) is 6.92 Å².